The monoisotopic (exact) mass is 267 g/mol. The molecule has 1 radical (unpaired) electrons. The summed E-state index contributed by atoms with van der Waals surface area (Å²) in [5.41, 5.74) is 0. The van der Waals surface area contributed by atoms with Crippen LogP contribution < -0.4 is 0 Å². The number of benzene rings is 1. The largest absolute Gasteiger partial charge is 0.0831 e. The molecular weight excluding hydrogens is 267 g/mol. The van der Waals surface area contributed by atoms with Crippen molar-refractivity contribution in [3.63, 3.8) is 0 Å². The first-order valence-corrected chi connectivity index (χ1v) is 4.19. The first kappa shape index (κ1) is 7.58. The van der Waals surface area contributed by atoms with E-state index in [4.69, 9.17) is 11.6 Å². The van der Waals surface area contributed by atoms with E-state index in [1.54, 1.807) is 12.1 Å². The quantitative estimate of drug-likeness (QED) is 0.630. The van der Waals surface area contributed by atoms with Gasteiger partial charge in [-0.2, -0.15) is 0 Å². The van der Waals surface area contributed by atoms with Crippen molar-refractivity contribution in [2.75, 3.05) is 0 Å². The Labute approximate surface area is 75.5 Å². The van der Waals surface area contributed by atoms with Crippen LogP contribution >= 0.6 is 43.5 Å². The molecule has 0 nitrogen and oxygen atoms in total. The highest BCUT2D eigenvalue weighted by molar-refractivity contribution is 9.13. The van der Waals surface area contributed by atoms with E-state index in [0.29, 0.717) is 5.02 Å². The number of hydrogen-bond donors (Lipinski definition) is 0. The molecule has 0 aromatic heterocycles. The Hall–Kier alpha value is 0.470. The van der Waals surface area contributed by atoms with E-state index in [9.17, 15) is 0 Å². The fourth-order valence-corrected chi connectivity index (χ4v) is 1.29. The third-order valence-electron chi connectivity index (χ3n) is 0.842. The SMILES string of the molecule is Clc1cc[c]c(Br)c1Br. The lowest BCUT2D eigenvalue weighted by Gasteiger charge is -1.94. The number of hydrogen-bond acceptors (Lipinski definition) is 0. The van der Waals surface area contributed by atoms with Crippen molar-refractivity contribution >= 4 is 43.5 Å². The van der Waals surface area contributed by atoms with Crippen LogP contribution in [-0.2, 0) is 0 Å². The highest BCUT2D eigenvalue weighted by atomic mass is 79.9. The normalized spacial score (nSPS) is 9.67. The van der Waals surface area contributed by atoms with Crippen LogP contribution in [-0.4, -0.2) is 0 Å². The summed E-state index contributed by atoms with van der Waals surface area (Å²) in [6.07, 6.45) is 0. The van der Waals surface area contributed by atoms with Gasteiger partial charge in [-0.3, -0.25) is 0 Å². The molecule has 1 rings (SSSR count). The molecule has 0 saturated heterocycles. The third kappa shape index (κ3) is 1.69. The molecule has 0 atom stereocenters. The van der Waals surface area contributed by atoms with E-state index in [1.165, 1.54) is 0 Å². The number of halogens is 3. The molecule has 0 amide bonds. The van der Waals surface area contributed by atoms with Crippen molar-refractivity contribution in [2.24, 2.45) is 0 Å². The van der Waals surface area contributed by atoms with E-state index in [-0.39, 0.29) is 0 Å². The van der Waals surface area contributed by atoms with Crippen LogP contribution in [0, 0.1) is 6.07 Å². The predicted octanol–water partition coefficient (Wildman–Crippen LogP) is 3.67. The van der Waals surface area contributed by atoms with Gasteiger partial charge in [-0.15, -0.1) is 0 Å². The molecule has 0 aliphatic rings. The Morgan fingerprint density at radius 2 is 2.11 bits per heavy atom. The molecule has 0 heterocycles. The summed E-state index contributed by atoms with van der Waals surface area (Å²) in [6.45, 7) is 0. The second kappa shape index (κ2) is 3.04. The zero-order valence-electron chi connectivity index (χ0n) is 4.29. The summed E-state index contributed by atoms with van der Waals surface area (Å²) >= 11 is 12.2. The van der Waals surface area contributed by atoms with Gasteiger partial charge in [0.1, 0.15) is 0 Å². The van der Waals surface area contributed by atoms with Gasteiger partial charge < -0.3 is 0 Å². The van der Waals surface area contributed by atoms with Gasteiger partial charge in [0.2, 0.25) is 0 Å². The Bertz CT molecular complexity index is 202. The van der Waals surface area contributed by atoms with Crippen molar-refractivity contribution in [3.05, 3.63) is 32.2 Å². The van der Waals surface area contributed by atoms with Gasteiger partial charge in [-0.25, -0.2) is 0 Å². The molecule has 1 aromatic carbocycles. The van der Waals surface area contributed by atoms with Gasteiger partial charge in [0.15, 0.2) is 0 Å². The van der Waals surface area contributed by atoms with E-state index in [0.717, 1.165) is 8.95 Å². The summed E-state index contributed by atoms with van der Waals surface area (Å²) in [5.74, 6) is 0. The van der Waals surface area contributed by atoms with Crippen LogP contribution in [0.3, 0.4) is 0 Å². The third-order valence-corrected chi connectivity index (χ3v) is 3.37. The molecule has 0 spiro atoms. The van der Waals surface area contributed by atoms with Gasteiger partial charge in [0.05, 0.1) is 9.50 Å². The van der Waals surface area contributed by atoms with Crippen molar-refractivity contribution in [1.29, 1.82) is 0 Å². The zero-order valence-corrected chi connectivity index (χ0v) is 8.22. The van der Waals surface area contributed by atoms with Crippen LogP contribution in [0.5, 0.6) is 0 Å². The fourth-order valence-electron chi connectivity index (χ4n) is 0.429. The summed E-state index contributed by atoms with van der Waals surface area (Å²) in [7, 11) is 0. The maximum atomic E-state index is 5.72. The second-order valence-electron chi connectivity index (χ2n) is 1.45. The molecule has 0 saturated carbocycles. The van der Waals surface area contributed by atoms with Crippen molar-refractivity contribution in [1.82, 2.24) is 0 Å². The summed E-state index contributed by atoms with van der Waals surface area (Å²) in [4.78, 5) is 0. The Balaban J connectivity index is 3.25. The average molecular weight is 269 g/mol. The molecule has 0 fully saturated rings. The van der Waals surface area contributed by atoms with Gasteiger partial charge in [0, 0.05) is 4.47 Å². The van der Waals surface area contributed by atoms with Crippen LogP contribution in [0.25, 0.3) is 0 Å². The summed E-state index contributed by atoms with van der Waals surface area (Å²) in [5, 5.41) is 0.695. The predicted molar refractivity (Wildman–Crippen MR) is 45.7 cm³/mol. The molecule has 1 aromatic rings. The van der Waals surface area contributed by atoms with Crippen molar-refractivity contribution in [2.45, 2.75) is 0 Å². The second-order valence-corrected chi connectivity index (χ2v) is 3.45. The minimum atomic E-state index is 0.695. The smallest absolute Gasteiger partial charge is 0.0559 e. The molecule has 0 N–H and O–H groups in total. The molecule has 0 aliphatic carbocycles. The van der Waals surface area contributed by atoms with Crippen molar-refractivity contribution in [3.8, 4) is 0 Å². The van der Waals surface area contributed by atoms with Crippen LogP contribution in [0.4, 0.5) is 0 Å². The van der Waals surface area contributed by atoms with Crippen LogP contribution in [0.15, 0.2) is 21.1 Å². The van der Waals surface area contributed by atoms with E-state index in [2.05, 4.69) is 37.9 Å². The molecule has 0 aliphatic heterocycles. The first-order chi connectivity index (χ1) is 4.22. The van der Waals surface area contributed by atoms with Gasteiger partial charge in [0.25, 0.3) is 0 Å². The van der Waals surface area contributed by atoms with Gasteiger partial charge in [-0.05, 0) is 44.0 Å². The highest BCUT2D eigenvalue weighted by Crippen LogP contribution is 2.29. The zero-order chi connectivity index (χ0) is 6.85. The molecular formula is C6H2Br2Cl. The van der Waals surface area contributed by atoms with Gasteiger partial charge >= 0.3 is 0 Å². The van der Waals surface area contributed by atoms with E-state index < -0.39 is 0 Å². The first-order valence-electron chi connectivity index (χ1n) is 2.23. The topological polar surface area (TPSA) is 0 Å². The molecule has 9 heavy (non-hydrogen) atoms. The standard InChI is InChI=1S/C6H2Br2Cl/c7-4-2-1-3-5(9)6(4)8/h1,3H. The average Bonchev–Trinajstić information content (AvgIpc) is 1.83. The summed E-state index contributed by atoms with van der Waals surface area (Å²) < 4.78 is 1.71. The van der Waals surface area contributed by atoms with Crippen molar-refractivity contribution < 1.29 is 0 Å². The number of rotatable bonds is 0. The molecule has 47 valence electrons. The van der Waals surface area contributed by atoms with Gasteiger partial charge in [-0.1, -0.05) is 17.7 Å². The Morgan fingerprint density at radius 3 is 2.56 bits per heavy atom. The lowest BCUT2D eigenvalue weighted by Crippen LogP contribution is -1.69. The lowest BCUT2D eigenvalue weighted by molar-refractivity contribution is 1.57. The van der Waals surface area contributed by atoms with Crippen LogP contribution in [0.2, 0.25) is 5.02 Å². The van der Waals surface area contributed by atoms with E-state index in [1.807, 2.05) is 0 Å². The Kier molecular flexibility index (Phi) is 2.56. The summed E-state index contributed by atoms with van der Waals surface area (Å²) in [6, 6.07) is 6.46. The Morgan fingerprint density at radius 1 is 1.44 bits per heavy atom. The maximum absolute atomic E-state index is 5.72. The molecule has 0 bridgehead atoms. The lowest BCUT2D eigenvalue weighted by atomic mass is 10.4. The minimum absolute atomic E-state index is 0.695. The van der Waals surface area contributed by atoms with Crippen LogP contribution in [0.1, 0.15) is 0 Å². The fraction of sp³-hybridized carbons (Fsp3) is 0. The van der Waals surface area contributed by atoms with E-state index >= 15 is 0 Å². The maximum Gasteiger partial charge on any atom is 0.0559 e. The highest BCUT2D eigenvalue weighted by Gasteiger charge is 1.98. The molecule has 0 unspecified atom stereocenters. The minimum Gasteiger partial charge on any atom is -0.0831 e. The molecule has 3 heteroatoms.